The molecule has 2 N–H and O–H groups in total. The van der Waals surface area contributed by atoms with Crippen LogP contribution in [0.25, 0.3) is 0 Å². The Morgan fingerprint density at radius 1 is 1.12 bits per heavy atom. The van der Waals surface area contributed by atoms with E-state index >= 15 is 0 Å². The van der Waals surface area contributed by atoms with Crippen molar-refractivity contribution in [2.75, 3.05) is 5.73 Å². The second-order valence-electron chi connectivity index (χ2n) is 3.93. The molecule has 0 aliphatic carbocycles. The Bertz CT molecular complexity index is 460. The number of aryl methyl sites for hydroxylation is 1. The van der Waals surface area contributed by atoms with E-state index in [1.807, 2.05) is 24.4 Å². The monoisotopic (exact) mass is 212 g/mol. The molecule has 0 bridgehead atoms. The van der Waals surface area contributed by atoms with E-state index in [0.717, 1.165) is 24.2 Å². The van der Waals surface area contributed by atoms with Gasteiger partial charge in [0.1, 0.15) is 0 Å². The van der Waals surface area contributed by atoms with Gasteiger partial charge < -0.3 is 5.73 Å². The molecule has 1 aromatic heterocycles. The Kier molecular flexibility index (Phi) is 3.20. The van der Waals surface area contributed by atoms with E-state index in [-0.39, 0.29) is 0 Å². The van der Waals surface area contributed by atoms with Gasteiger partial charge in [0.15, 0.2) is 0 Å². The first-order valence-electron chi connectivity index (χ1n) is 5.56. The van der Waals surface area contributed by atoms with Crippen molar-refractivity contribution in [3.63, 3.8) is 0 Å². The number of nitrogen functional groups attached to an aromatic ring is 1. The molecule has 0 aliphatic rings. The number of rotatable bonds is 3. The lowest BCUT2D eigenvalue weighted by molar-refractivity contribution is 1.03. The summed E-state index contributed by atoms with van der Waals surface area (Å²) < 4.78 is 0. The molecule has 0 unspecified atom stereocenters. The summed E-state index contributed by atoms with van der Waals surface area (Å²) in [5.74, 6) is 0. The third kappa shape index (κ3) is 2.60. The van der Waals surface area contributed by atoms with Gasteiger partial charge in [-0.05, 0) is 35.7 Å². The summed E-state index contributed by atoms with van der Waals surface area (Å²) in [4.78, 5) is 4.43. The summed E-state index contributed by atoms with van der Waals surface area (Å²) in [7, 11) is 0. The topological polar surface area (TPSA) is 38.9 Å². The Balaban J connectivity index is 2.14. The van der Waals surface area contributed by atoms with Gasteiger partial charge in [-0.2, -0.15) is 0 Å². The highest BCUT2D eigenvalue weighted by molar-refractivity contribution is 5.41. The van der Waals surface area contributed by atoms with Crippen molar-refractivity contribution in [1.82, 2.24) is 4.98 Å². The van der Waals surface area contributed by atoms with Crippen molar-refractivity contribution in [2.24, 2.45) is 0 Å². The van der Waals surface area contributed by atoms with Crippen LogP contribution < -0.4 is 5.73 Å². The van der Waals surface area contributed by atoms with Gasteiger partial charge in [0.25, 0.3) is 0 Å². The lowest BCUT2D eigenvalue weighted by Crippen LogP contribution is -1.94. The molecule has 0 saturated carbocycles. The normalized spacial score (nSPS) is 10.3. The summed E-state index contributed by atoms with van der Waals surface area (Å²) in [5, 5.41) is 0. The Morgan fingerprint density at radius 3 is 2.62 bits per heavy atom. The minimum absolute atomic E-state index is 0.808. The molecule has 0 atom stereocenters. The first-order chi connectivity index (χ1) is 7.78. The zero-order valence-corrected chi connectivity index (χ0v) is 9.48. The van der Waals surface area contributed by atoms with Gasteiger partial charge in [0.05, 0.1) is 0 Å². The zero-order chi connectivity index (χ0) is 11.4. The number of nitrogens with zero attached hydrogens (tertiary/aromatic N) is 1. The van der Waals surface area contributed by atoms with Crippen LogP contribution in [0.2, 0.25) is 0 Å². The lowest BCUT2D eigenvalue weighted by atomic mass is 10.1. The van der Waals surface area contributed by atoms with Gasteiger partial charge in [0.2, 0.25) is 0 Å². The van der Waals surface area contributed by atoms with Crippen LogP contribution in [-0.4, -0.2) is 4.98 Å². The molecule has 0 spiro atoms. The average molecular weight is 212 g/mol. The zero-order valence-electron chi connectivity index (χ0n) is 9.48. The minimum Gasteiger partial charge on any atom is -0.399 e. The first kappa shape index (κ1) is 10.7. The van der Waals surface area contributed by atoms with E-state index in [1.165, 1.54) is 11.1 Å². The second kappa shape index (κ2) is 4.79. The maximum atomic E-state index is 5.74. The molecule has 16 heavy (non-hydrogen) atoms. The third-order valence-electron chi connectivity index (χ3n) is 2.63. The van der Waals surface area contributed by atoms with Crippen LogP contribution in [0.4, 0.5) is 5.69 Å². The number of nitrogens with two attached hydrogens (primary N) is 1. The van der Waals surface area contributed by atoms with Crippen LogP contribution in [0.1, 0.15) is 23.7 Å². The third-order valence-corrected chi connectivity index (χ3v) is 2.63. The maximum absolute atomic E-state index is 5.74. The van der Waals surface area contributed by atoms with Crippen LogP contribution in [0.5, 0.6) is 0 Å². The van der Waals surface area contributed by atoms with E-state index in [4.69, 9.17) is 5.73 Å². The summed E-state index contributed by atoms with van der Waals surface area (Å²) in [6, 6.07) is 12.2. The van der Waals surface area contributed by atoms with Crippen molar-refractivity contribution < 1.29 is 0 Å². The van der Waals surface area contributed by atoms with Gasteiger partial charge in [-0.1, -0.05) is 25.1 Å². The second-order valence-corrected chi connectivity index (χ2v) is 3.93. The highest BCUT2D eigenvalue weighted by Gasteiger charge is 1.98. The minimum atomic E-state index is 0.808. The average Bonchev–Trinajstić information content (AvgIpc) is 2.30. The van der Waals surface area contributed by atoms with Gasteiger partial charge in [-0.3, -0.25) is 4.98 Å². The molecule has 82 valence electrons. The van der Waals surface area contributed by atoms with Crippen molar-refractivity contribution in [3.05, 3.63) is 59.4 Å². The van der Waals surface area contributed by atoms with Crippen LogP contribution in [-0.2, 0) is 12.8 Å². The van der Waals surface area contributed by atoms with E-state index in [0.29, 0.717) is 0 Å². The number of aromatic nitrogens is 1. The molecular weight excluding hydrogens is 196 g/mol. The largest absolute Gasteiger partial charge is 0.399 e. The highest BCUT2D eigenvalue weighted by atomic mass is 14.7. The Labute approximate surface area is 96.1 Å². The smallest absolute Gasteiger partial charge is 0.0447 e. The summed E-state index contributed by atoms with van der Waals surface area (Å²) in [5.41, 5.74) is 10.1. The fourth-order valence-corrected chi connectivity index (χ4v) is 1.68. The number of pyridine rings is 1. The van der Waals surface area contributed by atoms with Crippen molar-refractivity contribution in [2.45, 2.75) is 19.8 Å². The molecule has 0 radical (unpaired) electrons. The van der Waals surface area contributed by atoms with E-state index < -0.39 is 0 Å². The van der Waals surface area contributed by atoms with E-state index in [9.17, 15) is 0 Å². The van der Waals surface area contributed by atoms with Crippen LogP contribution >= 0.6 is 0 Å². The standard InChI is InChI=1S/C14H16N2/c1-2-11-6-7-14(16-10-11)9-12-4-3-5-13(15)8-12/h3-8,10H,2,9,15H2,1H3. The molecule has 0 aliphatic heterocycles. The molecule has 2 heteroatoms. The van der Waals surface area contributed by atoms with E-state index in [1.54, 1.807) is 0 Å². The molecule has 1 heterocycles. The summed E-state index contributed by atoms with van der Waals surface area (Å²) in [6.45, 7) is 2.13. The van der Waals surface area contributed by atoms with E-state index in [2.05, 4.69) is 30.1 Å². The SMILES string of the molecule is CCc1ccc(Cc2cccc(N)c2)nc1. The van der Waals surface area contributed by atoms with Gasteiger partial charge in [-0.15, -0.1) is 0 Å². The first-order valence-corrected chi connectivity index (χ1v) is 5.56. The molecule has 0 amide bonds. The van der Waals surface area contributed by atoms with Gasteiger partial charge in [0, 0.05) is 24.0 Å². The predicted octanol–water partition coefficient (Wildman–Crippen LogP) is 2.82. The Morgan fingerprint density at radius 2 is 2.00 bits per heavy atom. The fourth-order valence-electron chi connectivity index (χ4n) is 1.68. The van der Waals surface area contributed by atoms with Crippen LogP contribution in [0.15, 0.2) is 42.6 Å². The number of hydrogen-bond acceptors (Lipinski definition) is 2. The fraction of sp³-hybridized carbons (Fsp3) is 0.214. The van der Waals surface area contributed by atoms with Crippen molar-refractivity contribution in [3.8, 4) is 0 Å². The quantitative estimate of drug-likeness (QED) is 0.794. The Hall–Kier alpha value is -1.83. The van der Waals surface area contributed by atoms with Crippen LogP contribution in [0, 0.1) is 0 Å². The highest BCUT2D eigenvalue weighted by Crippen LogP contribution is 2.11. The number of benzene rings is 1. The lowest BCUT2D eigenvalue weighted by Gasteiger charge is -2.03. The number of hydrogen-bond donors (Lipinski definition) is 1. The molecule has 0 saturated heterocycles. The molecule has 2 nitrogen and oxygen atoms in total. The van der Waals surface area contributed by atoms with Crippen molar-refractivity contribution >= 4 is 5.69 Å². The summed E-state index contributed by atoms with van der Waals surface area (Å²) in [6.07, 6.45) is 3.82. The molecule has 1 aromatic carbocycles. The predicted molar refractivity (Wildman–Crippen MR) is 67.3 cm³/mol. The number of anilines is 1. The molecule has 2 aromatic rings. The summed E-state index contributed by atoms with van der Waals surface area (Å²) >= 11 is 0. The molecule has 0 fully saturated rings. The van der Waals surface area contributed by atoms with Crippen molar-refractivity contribution in [1.29, 1.82) is 0 Å². The maximum Gasteiger partial charge on any atom is 0.0447 e. The van der Waals surface area contributed by atoms with Gasteiger partial charge >= 0.3 is 0 Å². The molecule has 2 rings (SSSR count). The van der Waals surface area contributed by atoms with Gasteiger partial charge in [-0.25, -0.2) is 0 Å². The molecular formula is C14H16N2. The van der Waals surface area contributed by atoms with Crippen LogP contribution in [0.3, 0.4) is 0 Å².